The SMILES string of the molecule is C=CCn1ccnc1Nc1ccc2c(c1)OC(F)(F)O2. The highest BCUT2D eigenvalue weighted by Gasteiger charge is 2.43. The second kappa shape index (κ2) is 4.52. The number of ether oxygens (including phenoxy) is 2. The van der Waals surface area contributed by atoms with E-state index in [4.69, 9.17) is 0 Å². The van der Waals surface area contributed by atoms with Gasteiger partial charge in [0, 0.05) is 30.7 Å². The number of hydrogen-bond acceptors (Lipinski definition) is 4. The number of alkyl halides is 2. The van der Waals surface area contributed by atoms with Gasteiger partial charge in [0.05, 0.1) is 0 Å². The summed E-state index contributed by atoms with van der Waals surface area (Å²) in [6.07, 6.45) is 1.54. The summed E-state index contributed by atoms with van der Waals surface area (Å²) >= 11 is 0. The van der Waals surface area contributed by atoms with Crippen molar-refractivity contribution in [2.24, 2.45) is 0 Å². The number of fused-ring (bicyclic) bond motifs is 1. The molecule has 0 amide bonds. The number of allylic oxidation sites excluding steroid dienone is 1. The van der Waals surface area contributed by atoms with Crippen LogP contribution in [-0.4, -0.2) is 15.8 Å². The molecule has 3 rings (SSSR count). The molecule has 5 nitrogen and oxygen atoms in total. The Morgan fingerprint density at radius 2 is 2.15 bits per heavy atom. The van der Waals surface area contributed by atoms with Crippen LogP contribution in [0.25, 0.3) is 0 Å². The Balaban J connectivity index is 1.83. The fourth-order valence-corrected chi connectivity index (χ4v) is 1.88. The predicted octanol–water partition coefficient (Wildman–Crippen LogP) is 3.13. The molecule has 1 N–H and O–H groups in total. The Kier molecular flexibility index (Phi) is 2.81. The van der Waals surface area contributed by atoms with Crippen molar-refractivity contribution in [1.29, 1.82) is 0 Å². The second-order valence-corrected chi connectivity index (χ2v) is 4.15. The Morgan fingerprint density at radius 3 is 2.95 bits per heavy atom. The summed E-state index contributed by atoms with van der Waals surface area (Å²) in [5.74, 6) is 0.576. The monoisotopic (exact) mass is 279 g/mol. The molecule has 0 spiro atoms. The lowest BCUT2D eigenvalue weighted by Crippen LogP contribution is -2.25. The second-order valence-electron chi connectivity index (χ2n) is 4.15. The van der Waals surface area contributed by atoms with E-state index in [2.05, 4.69) is 26.4 Å². The third kappa shape index (κ3) is 2.29. The van der Waals surface area contributed by atoms with Crippen LogP contribution in [0.2, 0.25) is 0 Å². The van der Waals surface area contributed by atoms with Gasteiger partial charge in [-0.2, -0.15) is 0 Å². The maximum absolute atomic E-state index is 12.9. The quantitative estimate of drug-likeness (QED) is 0.873. The molecular formula is C13H11F2N3O2. The van der Waals surface area contributed by atoms with Gasteiger partial charge in [0.25, 0.3) is 0 Å². The highest BCUT2D eigenvalue weighted by Crippen LogP contribution is 2.42. The zero-order valence-electron chi connectivity index (χ0n) is 10.3. The van der Waals surface area contributed by atoms with E-state index < -0.39 is 6.29 Å². The third-order valence-corrected chi connectivity index (χ3v) is 2.70. The van der Waals surface area contributed by atoms with Crippen LogP contribution in [0.5, 0.6) is 11.5 Å². The van der Waals surface area contributed by atoms with Gasteiger partial charge in [-0.05, 0) is 12.1 Å². The summed E-state index contributed by atoms with van der Waals surface area (Å²) in [5, 5.41) is 3.02. The number of nitrogens with zero attached hydrogens (tertiary/aromatic N) is 2. The summed E-state index contributed by atoms with van der Waals surface area (Å²) < 4.78 is 36.4. The number of anilines is 2. The van der Waals surface area contributed by atoms with Gasteiger partial charge in [-0.15, -0.1) is 15.4 Å². The Hall–Kier alpha value is -2.57. The number of hydrogen-bond donors (Lipinski definition) is 1. The first-order valence-electron chi connectivity index (χ1n) is 5.86. The predicted molar refractivity (Wildman–Crippen MR) is 68.4 cm³/mol. The summed E-state index contributed by atoms with van der Waals surface area (Å²) in [5.41, 5.74) is 0.571. The van der Waals surface area contributed by atoms with E-state index in [1.165, 1.54) is 12.1 Å². The molecule has 104 valence electrons. The molecule has 2 aromatic rings. The van der Waals surface area contributed by atoms with Gasteiger partial charge in [0.2, 0.25) is 5.95 Å². The zero-order valence-corrected chi connectivity index (χ0v) is 10.3. The lowest BCUT2D eigenvalue weighted by atomic mass is 10.3. The van der Waals surface area contributed by atoms with E-state index in [-0.39, 0.29) is 11.5 Å². The fraction of sp³-hybridized carbons (Fsp3) is 0.154. The van der Waals surface area contributed by atoms with Gasteiger partial charge < -0.3 is 19.4 Å². The topological polar surface area (TPSA) is 48.3 Å². The molecule has 0 fully saturated rings. The molecule has 1 aromatic carbocycles. The van der Waals surface area contributed by atoms with Gasteiger partial charge in [0.1, 0.15) is 0 Å². The van der Waals surface area contributed by atoms with Crippen LogP contribution in [0.4, 0.5) is 20.4 Å². The minimum atomic E-state index is -3.61. The van der Waals surface area contributed by atoms with Gasteiger partial charge in [-0.25, -0.2) is 4.98 Å². The van der Waals surface area contributed by atoms with Gasteiger partial charge in [-0.3, -0.25) is 0 Å². The van der Waals surface area contributed by atoms with Crippen LogP contribution in [0.15, 0.2) is 43.2 Å². The van der Waals surface area contributed by atoms with Crippen molar-refractivity contribution in [1.82, 2.24) is 9.55 Å². The molecule has 2 heterocycles. The van der Waals surface area contributed by atoms with Crippen molar-refractivity contribution in [2.45, 2.75) is 12.8 Å². The minimum absolute atomic E-state index is 0.00924. The molecule has 0 aliphatic carbocycles. The standard InChI is InChI=1S/C13H11F2N3O2/c1-2-6-18-7-5-16-12(18)17-9-3-4-10-11(8-9)20-13(14,15)19-10/h2-5,7-8H,1,6H2,(H,16,17). The van der Waals surface area contributed by atoms with Crippen molar-refractivity contribution in [3.05, 3.63) is 43.2 Å². The highest BCUT2D eigenvalue weighted by atomic mass is 19.3. The average Bonchev–Trinajstić information content (AvgIpc) is 2.92. The molecule has 0 saturated heterocycles. The highest BCUT2D eigenvalue weighted by molar-refractivity contribution is 5.60. The molecule has 20 heavy (non-hydrogen) atoms. The van der Waals surface area contributed by atoms with Gasteiger partial charge >= 0.3 is 6.29 Å². The largest absolute Gasteiger partial charge is 0.586 e. The number of aromatic nitrogens is 2. The van der Waals surface area contributed by atoms with Gasteiger partial charge in [0.15, 0.2) is 11.5 Å². The first-order valence-corrected chi connectivity index (χ1v) is 5.86. The Bertz CT molecular complexity index is 655. The molecule has 0 radical (unpaired) electrons. The molecular weight excluding hydrogens is 268 g/mol. The van der Waals surface area contributed by atoms with Crippen LogP contribution in [0.3, 0.4) is 0 Å². The van der Waals surface area contributed by atoms with Gasteiger partial charge in [-0.1, -0.05) is 6.08 Å². The van der Waals surface area contributed by atoms with Crippen molar-refractivity contribution in [3.63, 3.8) is 0 Å². The summed E-state index contributed by atoms with van der Waals surface area (Å²) in [7, 11) is 0. The van der Waals surface area contributed by atoms with Crippen LogP contribution in [0, 0.1) is 0 Å². The maximum atomic E-state index is 12.9. The minimum Gasteiger partial charge on any atom is -0.395 e. The van der Waals surface area contributed by atoms with Crippen LogP contribution >= 0.6 is 0 Å². The van der Waals surface area contributed by atoms with E-state index in [0.717, 1.165) is 0 Å². The summed E-state index contributed by atoms with van der Waals surface area (Å²) in [6.45, 7) is 4.24. The van der Waals surface area contributed by atoms with E-state index in [1.54, 1.807) is 24.5 Å². The van der Waals surface area contributed by atoms with Crippen molar-refractivity contribution in [2.75, 3.05) is 5.32 Å². The van der Waals surface area contributed by atoms with E-state index >= 15 is 0 Å². The zero-order chi connectivity index (χ0) is 14.2. The lowest BCUT2D eigenvalue weighted by Gasteiger charge is -2.08. The van der Waals surface area contributed by atoms with E-state index in [1.807, 2.05) is 4.57 Å². The first kappa shape index (κ1) is 12.5. The molecule has 7 heteroatoms. The lowest BCUT2D eigenvalue weighted by molar-refractivity contribution is -0.286. The molecule has 0 atom stereocenters. The number of halogens is 2. The normalized spacial score (nSPS) is 15.1. The van der Waals surface area contributed by atoms with Crippen molar-refractivity contribution >= 4 is 11.6 Å². The Morgan fingerprint density at radius 1 is 1.35 bits per heavy atom. The number of benzene rings is 1. The molecule has 0 unspecified atom stereocenters. The van der Waals surface area contributed by atoms with Crippen LogP contribution in [0.1, 0.15) is 0 Å². The molecule has 0 bridgehead atoms. The molecule has 1 aliphatic rings. The van der Waals surface area contributed by atoms with E-state index in [0.29, 0.717) is 18.2 Å². The first-order chi connectivity index (χ1) is 9.57. The fourth-order valence-electron chi connectivity index (χ4n) is 1.88. The van der Waals surface area contributed by atoms with Crippen molar-refractivity contribution in [3.8, 4) is 11.5 Å². The third-order valence-electron chi connectivity index (χ3n) is 2.70. The molecule has 0 saturated carbocycles. The summed E-state index contributed by atoms with van der Waals surface area (Å²) in [6, 6.07) is 4.46. The number of nitrogens with one attached hydrogen (secondary N) is 1. The molecule has 1 aromatic heterocycles. The number of rotatable bonds is 4. The maximum Gasteiger partial charge on any atom is 0.586 e. The van der Waals surface area contributed by atoms with Crippen LogP contribution < -0.4 is 14.8 Å². The van der Waals surface area contributed by atoms with E-state index in [9.17, 15) is 8.78 Å². The summed E-state index contributed by atoms with van der Waals surface area (Å²) in [4.78, 5) is 4.14. The number of imidazole rings is 1. The average molecular weight is 279 g/mol. The van der Waals surface area contributed by atoms with Crippen LogP contribution in [-0.2, 0) is 6.54 Å². The Labute approximate surface area is 113 Å². The molecule has 1 aliphatic heterocycles. The smallest absolute Gasteiger partial charge is 0.395 e. The van der Waals surface area contributed by atoms with Crippen molar-refractivity contribution < 1.29 is 18.3 Å².